The van der Waals surface area contributed by atoms with E-state index in [9.17, 15) is 24.9 Å². The number of hydrogen-bond donors (Lipinski definition) is 4. The summed E-state index contributed by atoms with van der Waals surface area (Å²) < 4.78 is 5.36. The van der Waals surface area contributed by atoms with Gasteiger partial charge < -0.3 is 25.2 Å². The van der Waals surface area contributed by atoms with E-state index in [-0.39, 0.29) is 18.4 Å². The predicted octanol–water partition coefficient (Wildman–Crippen LogP) is 3.76. The van der Waals surface area contributed by atoms with E-state index in [1.807, 2.05) is 13.8 Å². The smallest absolute Gasteiger partial charge is 0.309 e. The van der Waals surface area contributed by atoms with Crippen LogP contribution in [0.25, 0.3) is 0 Å². The Hall–Kier alpha value is -1.70. The maximum absolute atomic E-state index is 12.2. The molecule has 0 aliphatic heterocycles. The summed E-state index contributed by atoms with van der Waals surface area (Å²) in [6.07, 6.45) is 7.14. The number of aliphatic hydroxyl groups excluding tert-OH is 1. The van der Waals surface area contributed by atoms with Crippen LogP contribution in [0, 0.1) is 17.3 Å². The van der Waals surface area contributed by atoms with Gasteiger partial charge in [0.1, 0.15) is 6.61 Å². The topological polar surface area (TPSA) is 124 Å². The highest BCUT2D eigenvalue weighted by molar-refractivity contribution is 5.73. The van der Waals surface area contributed by atoms with Crippen LogP contribution in [-0.2, 0) is 14.3 Å². The van der Waals surface area contributed by atoms with Crippen LogP contribution in [0.5, 0.6) is 0 Å². The third kappa shape index (κ3) is 7.66. The SMILES string of the molecule is C/C1=C\CC/C(COC(=O)C[C@@](C)(O)CC(=O)O)=C/[C@H](O)[C@@]2(C)CC[C@@H](C(C)(C)O)[C@@H]2CC1. The molecule has 7 nitrogen and oxygen atoms in total. The summed E-state index contributed by atoms with van der Waals surface area (Å²) in [4.78, 5) is 23.1. The van der Waals surface area contributed by atoms with Crippen molar-refractivity contribution in [3.8, 4) is 0 Å². The molecule has 2 aliphatic rings. The van der Waals surface area contributed by atoms with E-state index < -0.39 is 47.5 Å². The maximum atomic E-state index is 12.2. The van der Waals surface area contributed by atoms with E-state index in [0.717, 1.165) is 37.7 Å². The molecule has 0 aromatic carbocycles. The molecule has 0 spiro atoms. The van der Waals surface area contributed by atoms with E-state index >= 15 is 0 Å². The second kappa shape index (κ2) is 10.7. The van der Waals surface area contributed by atoms with Crippen molar-refractivity contribution < 1.29 is 34.8 Å². The monoisotopic (exact) mass is 466 g/mol. The first-order valence-electron chi connectivity index (χ1n) is 12.0. The van der Waals surface area contributed by atoms with E-state index in [1.54, 1.807) is 6.08 Å². The molecule has 0 aromatic rings. The molecule has 1 saturated carbocycles. The number of ether oxygens (including phenoxy) is 1. The number of aliphatic hydroxyl groups is 3. The number of carbonyl (C=O) groups excluding carboxylic acids is 1. The lowest BCUT2D eigenvalue weighted by molar-refractivity contribution is -0.151. The number of carboxylic acids is 1. The number of aliphatic carboxylic acids is 1. The second-order valence-electron chi connectivity index (χ2n) is 11.2. The Labute approximate surface area is 197 Å². The fraction of sp³-hybridized carbons (Fsp3) is 0.769. The van der Waals surface area contributed by atoms with Crippen molar-refractivity contribution in [2.75, 3.05) is 6.61 Å². The number of esters is 1. The zero-order chi connectivity index (χ0) is 25.0. The van der Waals surface area contributed by atoms with Crippen LogP contribution in [0.1, 0.15) is 86.0 Å². The Morgan fingerprint density at radius 2 is 1.82 bits per heavy atom. The first kappa shape index (κ1) is 27.5. The molecule has 0 amide bonds. The minimum Gasteiger partial charge on any atom is -0.481 e. The molecule has 0 heterocycles. The molecule has 0 aromatic heterocycles. The molecule has 0 unspecified atom stereocenters. The molecule has 2 rings (SSSR count). The van der Waals surface area contributed by atoms with Gasteiger partial charge in [-0.1, -0.05) is 24.6 Å². The highest BCUT2D eigenvalue weighted by Gasteiger charge is 2.52. The number of carboxylic acid groups (broad SMARTS) is 1. The predicted molar refractivity (Wildman–Crippen MR) is 125 cm³/mol. The fourth-order valence-electron chi connectivity index (χ4n) is 5.59. The largest absolute Gasteiger partial charge is 0.481 e. The number of carbonyl (C=O) groups is 2. The number of rotatable bonds is 7. The van der Waals surface area contributed by atoms with Crippen LogP contribution < -0.4 is 0 Å². The van der Waals surface area contributed by atoms with E-state index in [2.05, 4.69) is 19.9 Å². The molecule has 33 heavy (non-hydrogen) atoms. The quantitative estimate of drug-likeness (QED) is 0.333. The second-order valence-corrected chi connectivity index (χ2v) is 11.2. The lowest BCUT2D eigenvalue weighted by atomic mass is 9.67. The zero-order valence-electron chi connectivity index (χ0n) is 20.8. The Morgan fingerprint density at radius 3 is 2.42 bits per heavy atom. The summed E-state index contributed by atoms with van der Waals surface area (Å²) in [7, 11) is 0. The minimum absolute atomic E-state index is 0.0123. The molecule has 0 saturated heterocycles. The molecule has 4 N–H and O–H groups in total. The maximum Gasteiger partial charge on any atom is 0.309 e. The number of allylic oxidation sites excluding steroid dienone is 2. The van der Waals surface area contributed by atoms with Crippen molar-refractivity contribution in [1.29, 1.82) is 0 Å². The molecule has 7 heteroatoms. The summed E-state index contributed by atoms with van der Waals surface area (Å²) in [6, 6.07) is 0. The van der Waals surface area contributed by atoms with Gasteiger partial charge in [-0.3, -0.25) is 9.59 Å². The molecular weight excluding hydrogens is 424 g/mol. The molecule has 0 radical (unpaired) electrons. The van der Waals surface area contributed by atoms with Crippen molar-refractivity contribution in [3.63, 3.8) is 0 Å². The Bertz CT molecular complexity index is 774. The van der Waals surface area contributed by atoms with Gasteiger partial charge in [-0.25, -0.2) is 0 Å². The van der Waals surface area contributed by atoms with Crippen LogP contribution >= 0.6 is 0 Å². The lowest BCUT2D eigenvalue weighted by Crippen LogP contribution is -2.42. The van der Waals surface area contributed by atoms with Crippen molar-refractivity contribution in [2.45, 2.75) is 103 Å². The number of hydrogen-bond acceptors (Lipinski definition) is 6. The standard InChI is InChI=1S/C26H42O7/c1-17-7-6-8-18(16-33-23(30)15-25(4,32)14-22(28)29)13-21(27)26(5)12-11-19(24(2,3)31)20(26)10-9-17/h7,13,19-21,27,31-32H,6,8-12,14-16H2,1-5H3,(H,28,29)/b17-7+,18-13-/t19-,20+,21+,25+,26+/m1/s1. The number of fused-ring (bicyclic) bond motifs is 1. The summed E-state index contributed by atoms with van der Waals surface area (Å²) in [6.45, 7) is 9.18. The van der Waals surface area contributed by atoms with Crippen LogP contribution in [0.15, 0.2) is 23.3 Å². The fourth-order valence-corrected chi connectivity index (χ4v) is 5.59. The lowest BCUT2D eigenvalue weighted by Gasteiger charge is -2.40. The molecular formula is C26H42O7. The van der Waals surface area contributed by atoms with Crippen molar-refractivity contribution in [3.05, 3.63) is 23.3 Å². The van der Waals surface area contributed by atoms with Gasteiger partial charge in [-0.2, -0.15) is 0 Å². The van der Waals surface area contributed by atoms with Gasteiger partial charge >= 0.3 is 11.9 Å². The van der Waals surface area contributed by atoms with E-state index in [1.165, 1.54) is 12.5 Å². The molecule has 1 fully saturated rings. The van der Waals surface area contributed by atoms with E-state index in [0.29, 0.717) is 6.42 Å². The zero-order valence-corrected chi connectivity index (χ0v) is 20.8. The van der Waals surface area contributed by atoms with Crippen LogP contribution in [0.2, 0.25) is 0 Å². The third-order valence-electron chi connectivity index (χ3n) is 7.59. The van der Waals surface area contributed by atoms with Gasteiger partial charge in [-0.05, 0) is 83.6 Å². The summed E-state index contributed by atoms with van der Waals surface area (Å²) in [5.41, 5.74) is -0.825. The van der Waals surface area contributed by atoms with Crippen LogP contribution in [0.3, 0.4) is 0 Å². The van der Waals surface area contributed by atoms with Crippen LogP contribution in [0.4, 0.5) is 0 Å². The van der Waals surface area contributed by atoms with Gasteiger partial charge in [0, 0.05) is 5.41 Å². The van der Waals surface area contributed by atoms with E-state index in [4.69, 9.17) is 9.84 Å². The first-order valence-corrected chi connectivity index (χ1v) is 12.0. The van der Waals surface area contributed by atoms with Gasteiger partial charge in [0.05, 0.1) is 30.1 Å². The van der Waals surface area contributed by atoms with Gasteiger partial charge in [0.2, 0.25) is 0 Å². The van der Waals surface area contributed by atoms with Crippen molar-refractivity contribution in [2.24, 2.45) is 17.3 Å². The van der Waals surface area contributed by atoms with Crippen molar-refractivity contribution in [1.82, 2.24) is 0 Å². The average molecular weight is 467 g/mol. The van der Waals surface area contributed by atoms with Gasteiger partial charge in [0.15, 0.2) is 0 Å². The Balaban J connectivity index is 2.20. The summed E-state index contributed by atoms with van der Waals surface area (Å²) in [5.74, 6) is -1.62. The summed E-state index contributed by atoms with van der Waals surface area (Å²) in [5, 5.41) is 41.1. The summed E-state index contributed by atoms with van der Waals surface area (Å²) >= 11 is 0. The third-order valence-corrected chi connectivity index (χ3v) is 7.59. The van der Waals surface area contributed by atoms with Gasteiger partial charge in [-0.15, -0.1) is 0 Å². The highest BCUT2D eigenvalue weighted by Crippen LogP contribution is 2.55. The average Bonchev–Trinajstić information content (AvgIpc) is 2.99. The van der Waals surface area contributed by atoms with Crippen molar-refractivity contribution >= 4 is 11.9 Å². The van der Waals surface area contributed by atoms with Crippen LogP contribution in [-0.4, -0.2) is 56.3 Å². The molecule has 0 bridgehead atoms. The first-order chi connectivity index (χ1) is 15.1. The molecule has 5 atom stereocenters. The molecule has 188 valence electrons. The Kier molecular flexibility index (Phi) is 8.93. The van der Waals surface area contributed by atoms with Gasteiger partial charge in [0.25, 0.3) is 0 Å². The molecule has 2 aliphatic carbocycles. The normalized spacial score (nSPS) is 34.0. The Morgan fingerprint density at radius 1 is 1.15 bits per heavy atom. The highest BCUT2D eigenvalue weighted by atomic mass is 16.5. The minimum atomic E-state index is -1.68.